The van der Waals surface area contributed by atoms with Gasteiger partial charge in [0.25, 0.3) is 0 Å². The number of carboxylic acids is 1. The molecule has 2 atom stereocenters. The molecule has 7 nitrogen and oxygen atoms in total. The fourth-order valence-corrected chi connectivity index (χ4v) is 4.68. The molecule has 2 amide bonds. The summed E-state index contributed by atoms with van der Waals surface area (Å²) in [6, 6.07) is 15.5. The maximum Gasteiger partial charge on any atom is 0.407 e. The Labute approximate surface area is 193 Å². The van der Waals surface area contributed by atoms with E-state index in [-0.39, 0.29) is 30.9 Å². The molecule has 2 aliphatic rings. The SMILES string of the molecule is CCC(CNC(=O)C(NC(=O)OCC1c2ccccc2-c2ccccc21)C1CCC1)C(=O)O. The summed E-state index contributed by atoms with van der Waals surface area (Å²) in [6.07, 6.45) is 2.49. The summed E-state index contributed by atoms with van der Waals surface area (Å²) in [5.74, 6) is -1.96. The van der Waals surface area contributed by atoms with Crippen LogP contribution in [0.25, 0.3) is 11.1 Å². The lowest BCUT2D eigenvalue weighted by atomic mass is 9.79. The second-order valence-corrected chi connectivity index (χ2v) is 8.83. The molecule has 174 valence electrons. The van der Waals surface area contributed by atoms with E-state index in [1.165, 1.54) is 0 Å². The zero-order chi connectivity index (χ0) is 23.4. The molecule has 0 spiro atoms. The number of alkyl carbamates (subject to hydrolysis) is 1. The van der Waals surface area contributed by atoms with E-state index in [1.807, 2.05) is 24.3 Å². The zero-order valence-electron chi connectivity index (χ0n) is 18.8. The van der Waals surface area contributed by atoms with Crippen molar-refractivity contribution in [3.05, 3.63) is 59.7 Å². The number of hydrogen-bond acceptors (Lipinski definition) is 4. The summed E-state index contributed by atoms with van der Waals surface area (Å²) in [5, 5.41) is 14.7. The second kappa shape index (κ2) is 10.1. The molecule has 33 heavy (non-hydrogen) atoms. The Morgan fingerprint density at radius 1 is 1.03 bits per heavy atom. The van der Waals surface area contributed by atoms with Gasteiger partial charge in [-0.15, -0.1) is 0 Å². The van der Waals surface area contributed by atoms with Crippen LogP contribution < -0.4 is 10.6 Å². The smallest absolute Gasteiger partial charge is 0.407 e. The van der Waals surface area contributed by atoms with Gasteiger partial charge in [0.2, 0.25) is 5.91 Å². The third-order valence-corrected chi connectivity index (χ3v) is 6.89. The Bertz CT molecular complexity index is 987. The molecule has 0 aromatic heterocycles. The normalized spacial score (nSPS) is 16.6. The molecule has 0 heterocycles. The van der Waals surface area contributed by atoms with E-state index in [2.05, 4.69) is 34.9 Å². The summed E-state index contributed by atoms with van der Waals surface area (Å²) in [6.45, 7) is 1.99. The first-order chi connectivity index (χ1) is 16.0. The number of carboxylic acid groups (broad SMARTS) is 1. The van der Waals surface area contributed by atoms with Gasteiger partial charge < -0.3 is 20.5 Å². The van der Waals surface area contributed by atoms with E-state index < -0.39 is 24.0 Å². The summed E-state index contributed by atoms with van der Waals surface area (Å²) >= 11 is 0. The molecule has 2 aromatic rings. The van der Waals surface area contributed by atoms with Crippen molar-refractivity contribution in [3.63, 3.8) is 0 Å². The fourth-order valence-electron chi connectivity index (χ4n) is 4.68. The van der Waals surface area contributed by atoms with E-state index in [0.29, 0.717) is 6.42 Å². The Kier molecular flexibility index (Phi) is 6.96. The summed E-state index contributed by atoms with van der Waals surface area (Å²) in [4.78, 5) is 36.7. The standard InChI is InChI=1S/C26H30N2O5/c1-2-16(25(30)31)14-27-24(29)23(17-8-7-9-17)28-26(32)33-15-22-20-12-5-3-10-18(20)19-11-4-6-13-21(19)22/h3-6,10-13,16-17,22-23H,2,7-9,14-15H2,1H3,(H,27,29)(H,28,32)(H,30,31). The molecule has 0 saturated heterocycles. The maximum atomic E-state index is 12.8. The van der Waals surface area contributed by atoms with Gasteiger partial charge in [-0.1, -0.05) is 61.9 Å². The zero-order valence-corrected chi connectivity index (χ0v) is 18.8. The van der Waals surface area contributed by atoms with Crippen molar-refractivity contribution in [1.82, 2.24) is 10.6 Å². The van der Waals surface area contributed by atoms with E-state index >= 15 is 0 Å². The average molecular weight is 451 g/mol. The number of hydrogen-bond donors (Lipinski definition) is 3. The molecular weight excluding hydrogens is 420 g/mol. The van der Waals surface area contributed by atoms with Gasteiger partial charge in [-0.3, -0.25) is 9.59 Å². The molecule has 1 saturated carbocycles. The summed E-state index contributed by atoms with van der Waals surface area (Å²) in [5.41, 5.74) is 4.55. The largest absolute Gasteiger partial charge is 0.481 e. The first-order valence-corrected chi connectivity index (χ1v) is 11.6. The molecule has 0 bridgehead atoms. The van der Waals surface area contributed by atoms with Crippen LogP contribution in [0.3, 0.4) is 0 Å². The minimum Gasteiger partial charge on any atom is -0.481 e. The number of ether oxygens (including phenoxy) is 1. The van der Waals surface area contributed by atoms with Gasteiger partial charge >= 0.3 is 12.1 Å². The molecule has 3 N–H and O–H groups in total. The minimum absolute atomic E-state index is 0.0374. The quantitative estimate of drug-likeness (QED) is 0.537. The van der Waals surface area contributed by atoms with Crippen molar-refractivity contribution in [3.8, 4) is 11.1 Å². The lowest BCUT2D eigenvalue weighted by molar-refractivity contribution is -0.141. The second-order valence-electron chi connectivity index (χ2n) is 8.83. The summed E-state index contributed by atoms with van der Waals surface area (Å²) in [7, 11) is 0. The number of amides is 2. The molecule has 2 unspecified atom stereocenters. The van der Waals surface area contributed by atoms with Crippen LogP contribution in [0.5, 0.6) is 0 Å². The van der Waals surface area contributed by atoms with Crippen molar-refractivity contribution in [2.75, 3.05) is 13.2 Å². The monoisotopic (exact) mass is 450 g/mol. The van der Waals surface area contributed by atoms with Crippen LogP contribution in [0.1, 0.15) is 49.7 Å². The van der Waals surface area contributed by atoms with Crippen molar-refractivity contribution in [2.45, 2.75) is 44.6 Å². The molecule has 0 radical (unpaired) electrons. The van der Waals surface area contributed by atoms with E-state index in [4.69, 9.17) is 4.74 Å². The van der Waals surface area contributed by atoms with Gasteiger partial charge in [0.1, 0.15) is 12.6 Å². The Balaban J connectivity index is 1.38. The van der Waals surface area contributed by atoms with Gasteiger partial charge in [0.15, 0.2) is 0 Å². The van der Waals surface area contributed by atoms with Gasteiger partial charge in [0.05, 0.1) is 5.92 Å². The first kappa shape index (κ1) is 22.8. The Morgan fingerprint density at radius 2 is 1.64 bits per heavy atom. The number of carbonyl (C=O) groups is 3. The molecule has 1 fully saturated rings. The van der Waals surface area contributed by atoms with Crippen LogP contribution >= 0.6 is 0 Å². The van der Waals surface area contributed by atoms with Crippen molar-refractivity contribution >= 4 is 18.0 Å². The predicted molar refractivity (Wildman–Crippen MR) is 124 cm³/mol. The van der Waals surface area contributed by atoms with Crippen molar-refractivity contribution in [2.24, 2.45) is 11.8 Å². The lowest BCUT2D eigenvalue weighted by Crippen LogP contribution is -2.53. The molecule has 7 heteroatoms. The highest BCUT2D eigenvalue weighted by Gasteiger charge is 2.35. The fraction of sp³-hybridized carbons (Fsp3) is 0.423. The maximum absolute atomic E-state index is 12.8. The van der Waals surface area contributed by atoms with E-state index in [1.54, 1.807) is 6.92 Å². The number of aliphatic carboxylic acids is 1. The molecule has 2 aromatic carbocycles. The minimum atomic E-state index is -0.942. The number of benzene rings is 2. The number of nitrogens with one attached hydrogen (secondary N) is 2. The third kappa shape index (κ3) is 4.87. The highest BCUT2D eigenvalue weighted by atomic mass is 16.5. The van der Waals surface area contributed by atoms with Crippen LogP contribution in [-0.4, -0.2) is 42.3 Å². The molecule has 2 aliphatic carbocycles. The van der Waals surface area contributed by atoms with Crippen LogP contribution in [0.4, 0.5) is 4.79 Å². The third-order valence-electron chi connectivity index (χ3n) is 6.89. The first-order valence-electron chi connectivity index (χ1n) is 11.6. The lowest BCUT2D eigenvalue weighted by Gasteiger charge is -2.33. The number of rotatable bonds is 9. The Hall–Kier alpha value is -3.35. The Morgan fingerprint density at radius 3 is 2.15 bits per heavy atom. The summed E-state index contributed by atoms with van der Waals surface area (Å²) < 4.78 is 5.60. The average Bonchev–Trinajstić information content (AvgIpc) is 3.10. The van der Waals surface area contributed by atoms with Crippen molar-refractivity contribution < 1.29 is 24.2 Å². The van der Waals surface area contributed by atoms with E-state index in [9.17, 15) is 19.5 Å². The van der Waals surface area contributed by atoms with Crippen LogP contribution in [0.2, 0.25) is 0 Å². The highest BCUT2D eigenvalue weighted by molar-refractivity contribution is 5.86. The van der Waals surface area contributed by atoms with E-state index in [0.717, 1.165) is 41.5 Å². The number of fused-ring (bicyclic) bond motifs is 3. The number of carbonyl (C=O) groups excluding carboxylic acids is 2. The van der Waals surface area contributed by atoms with Crippen molar-refractivity contribution in [1.29, 1.82) is 0 Å². The predicted octanol–water partition coefficient (Wildman–Crippen LogP) is 3.92. The molecular formula is C26H30N2O5. The van der Waals surface area contributed by atoms with Gasteiger partial charge in [-0.05, 0) is 47.4 Å². The molecule has 0 aliphatic heterocycles. The van der Waals surface area contributed by atoms with Gasteiger partial charge in [0, 0.05) is 12.5 Å². The topological polar surface area (TPSA) is 105 Å². The van der Waals surface area contributed by atoms with Crippen LogP contribution in [0.15, 0.2) is 48.5 Å². The van der Waals surface area contributed by atoms with Gasteiger partial charge in [-0.2, -0.15) is 0 Å². The van der Waals surface area contributed by atoms with Crippen LogP contribution in [0, 0.1) is 11.8 Å². The highest BCUT2D eigenvalue weighted by Crippen LogP contribution is 2.44. The molecule has 4 rings (SSSR count). The van der Waals surface area contributed by atoms with Gasteiger partial charge in [-0.25, -0.2) is 4.79 Å². The van der Waals surface area contributed by atoms with Crippen LogP contribution in [-0.2, 0) is 14.3 Å².